The number of methoxy groups -OCH3 is 1. The number of rotatable bonds is 11. The first-order valence-electron chi connectivity index (χ1n) is 12.1. The number of aliphatic hydroxyl groups is 1. The Labute approximate surface area is 213 Å². The van der Waals surface area contributed by atoms with Gasteiger partial charge >= 0.3 is 0 Å². The Hall–Kier alpha value is -4.02. The predicted molar refractivity (Wildman–Crippen MR) is 136 cm³/mol. The molecule has 1 aromatic heterocycles. The Morgan fingerprint density at radius 2 is 1.89 bits per heavy atom. The minimum Gasteiger partial charge on any atom is -0.496 e. The number of carbonyl (C=O) groups excluding carboxylic acids is 4. The number of amides is 3. The van der Waals surface area contributed by atoms with Gasteiger partial charge in [0.1, 0.15) is 18.1 Å². The maximum Gasteiger partial charge on any atom is 0.274 e. The molecule has 10 nitrogen and oxygen atoms in total. The zero-order chi connectivity index (χ0) is 26.4. The second kappa shape index (κ2) is 11.8. The van der Waals surface area contributed by atoms with Gasteiger partial charge in [-0.1, -0.05) is 36.4 Å². The van der Waals surface area contributed by atoms with E-state index < -0.39 is 42.2 Å². The first-order valence-corrected chi connectivity index (χ1v) is 12.1. The van der Waals surface area contributed by atoms with E-state index in [0.717, 1.165) is 5.56 Å². The van der Waals surface area contributed by atoms with Crippen LogP contribution in [0.1, 0.15) is 28.9 Å². The van der Waals surface area contributed by atoms with Crippen LogP contribution in [0.5, 0.6) is 5.75 Å². The summed E-state index contributed by atoms with van der Waals surface area (Å²) in [6, 6.07) is 14.2. The minimum absolute atomic E-state index is 0.138. The Bertz CT molecular complexity index is 1290. The van der Waals surface area contributed by atoms with Crippen molar-refractivity contribution >= 4 is 34.4 Å². The van der Waals surface area contributed by atoms with Gasteiger partial charge in [0.15, 0.2) is 5.78 Å². The molecular weight excluding hydrogens is 476 g/mol. The molecule has 4 rings (SSSR count). The molecule has 1 fully saturated rings. The zero-order valence-corrected chi connectivity index (χ0v) is 20.5. The van der Waals surface area contributed by atoms with E-state index >= 15 is 0 Å². The molecule has 2 aromatic carbocycles. The van der Waals surface area contributed by atoms with Gasteiger partial charge in [0.05, 0.1) is 19.2 Å². The third-order valence-electron chi connectivity index (χ3n) is 6.55. The Morgan fingerprint density at radius 3 is 2.57 bits per heavy atom. The smallest absolute Gasteiger partial charge is 0.274 e. The number of H-pyrrole nitrogens is 1. The second-order valence-corrected chi connectivity index (χ2v) is 9.02. The van der Waals surface area contributed by atoms with Crippen molar-refractivity contribution in [2.75, 3.05) is 20.3 Å². The van der Waals surface area contributed by atoms with Crippen LogP contribution in [0, 0.1) is 5.92 Å². The van der Waals surface area contributed by atoms with Crippen LogP contribution in [0.25, 0.3) is 10.9 Å². The lowest BCUT2D eigenvalue weighted by Crippen LogP contribution is -2.54. The monoisotopic (exact) mass is 506 g/mol. The number of ketones is 1. The Morgan fingerprint density at radius 1 is 1.11 bits per heavy atom. The summed E-state index contributed by atoms with van der Waals surface area (Å²) in [7, 11) is 1.53. The molecule has 0 saturated carbocycles. The van der Waals surface area contributed by atoms with Crippen molar-refractivity contribution in [1.29, 1.82) is 0 Å². The maximum atomic E-state index is 13.3. The van der Waals surface area contributed by atoms with E-state index in [1.54, 1.807) is 24.3 Å². The van der Waals surface area contributed by atoms with Crippen LogP contribution in [0.4, 0.5) is 0 Å². The normalized spacial score (nSPS) is 16.7. The highest BCUT2D eigenvalue weighted by Gasteiger charge is 2.33. The van der Waals surface area contributed by atoms with Gasteiger partial charge in [0, 0.05) is 23.4 Å². The van der Waals surface area contributed by atoms with E-state index in [-0.39, 0.29) is 24.4 Å². The van der Waals surface area contributed by atoms with Gasteiger partial charge in [-0.15, -0.1) is 0 Å². The average molecular weight is 507 g/mol. The number of aliphatic hydroxyl groups excluding tert-OH is 1. The van der Waals surface area contributed by atoms with Crippen molar-refractivity contribution in [3.8, 4) is 5.75 Å². The first-order chi connectivity index (χ1) is 17.9. The molecule has 2 heterocycles. The van der Waals surface area contributed by atoms with Gasteiger partial charge in [-0.2, -0.15) is 0 Å². The van der Waals surface area contributed by atoms with Crippen LogP contribution in [0.3, 0.4) is 0 Å². The topological polar surface area (TPSA) is 150 Å². The van der Waals surface area contributed by atoms with E-state index in [9.17, 15) is 24.3 Å². The van der Waals surface area contributed by atoms with E-state index in [1.165, 1.54) is 7.11 Å². The molecule has 194 valence electrons. The van der Waals surface area contributed by atoms with Crippen molar-refractivity contribution in [1.82, 2.24) is 20.9 Å². The standard InChI is InChI=1S/C27H30N4O6/c1-37-24-9-5-8-19-18(24)14-22(29-19)27(36)31-26(35)21(12-16-6-3-2-4-7-16)30-20(23(33)15-32)13-17-10-11-28-25(17)34/h2-9,14,17,20-21,29-30,32H,10-13,15H2,1H3,(H,28,34)(H,31,35,36)/t17?,20-,21-/m0/s1. The lowest BCUT2D eigenvalue weighted by molar-refractivity contribution is -0.126. The van der Waals surface area contributed by atoms with Gasteiger partial charge in [-0.05, 0) is 43.0 Å². The van der Waals surface area contributed by atoms with E-state index in [1.807, 2.05) is 30.3 Å². The zero-order valence-electron chi connectivity index (χ0n) is 20.5. The number of benzene rings is 2. The summed E-state index contributed by atoms with van der Waals surface area (Å²) in [6.07, 6.45) is 0.889. The number of hydrogen-bond donors (Lipinski definition) is 5. The predicted octanol–water partition coefficient (Wildman–Crippen LogP) is 1.09. The third kappa shape index (κ3) is 6.22. The summed E-state index contributed by atoms with van der Waals surface area (Å²) in [5.74, 6) is -1.78. The number of nitrogens with one attached hydrogen (secondary N) is 4. The van der Waals surface area contributed by atoms with Gasteiger partial charge in [-0.3, -0.25) is 29.8 Å². The van der Waals surface area contributed by atoms with Gasteiger partial charge in [0.2, 0.25) is 11.8 Å². The van der Waals surface area contributed by atoms with Crippen LogP contribution in [0.2, 0.25) is 0 Å². The minimum atomic E-state index is -0.977. The molecule has 1 aliphatic rings. The molecule has 10 heteroatoms. The summed E-state index contributed by atoms with van der Waals surface area (Å²) >= 11 is 0. The Balaban J connectivity index is 1.54. The highest BCUT2D eigenvalue weighted by atomic mass is 16.5. The van der Waals surface area contributed by atoms with Gasteiger partial charge < -0.3 is 20.1 Å². The van der Waals surface area contributed by atoms with Gasteiger partial charge in [0.25, 0.3) is 5.91 Å². The number of fused-ring (bicyclic) bond motifs is 1. The molecule has 3 aromatic rings. The summed E-state index contributed by atoms with van der Waals surface area (Å²) in [4.78, 5) is 54.0. The van der Waals surface area contributed by atoms with Crippen molar-refractivity contribution in [3.05, 3.63) is 65.9 Å². The average Bonchev–Trinajstić information content (AvgIpc) is 3.53. The molecular formula is C27H30N4O6. The summed E-state index contributed by atoms with van der Waals surface area (Å²) in [6.45, 7) is -0.219. The van der Waals surface area contributed by atoms with Gasteiger partial charge in [-0.25, -0.2) is 0 Å². The lowest BCUT2D eigenvalue weighted by atomic mass is 9.94. The highest BCUT2D eigenvalue weighted by Crippen LogP contribution is 2.26. The number of imide groups is 1. The van der Waals surface area contributed by atoms with Crippen LogP contribution < -0.4 is 20.7 Å². The molecule has 37 heavy (non-hydrogen) atoms. The highest BCUT2D eigenvalue weighted by molar-refractivity contribution is 6.08. The fourth-order valence-corrected chi connectivity index (χ4v) is 4.57. The molecule has 0 bridgehead atoms. The molecule has 1 unspecified atom stereocenters. The van der Waals surface area contributed by atoms with E-state index in [4.69, 9.17) is 4.74 Å². The summed E-state index contributed by atoms with van der Waals surface area (Å²) < 4.78 is 5.34. The van der Waals surface area contributed by atoms with Crippen molar-refractivity contribution in [3.63, 3.8) is 0 Å². The second-order valence-electron chi connectivity index (χ2n) is 9.02. The number of Topliss-reactive ketones (excluding diaryl/α,β-unsaturated/α-hetero) is 1. The summed E-state index contributed by atoms with van der Waals surface area (Å²) in [5.41, 5.74) is 1.67. The number of hydrogen-bond acceptors (Lipinski definition) is 7. The third-order valence-corrected chi connectivity index (χ3v) is 6.55. The largest absolute Gasteiger partial charge is 0.496 e. The molecule has 3 atom stereocenters. The fraction of sp³-hybridized carbons (Fsp3) is 0.333. The van der Waals surface area contributed by atoms with Crippen LogP contribution in [0.15, 0.2) is 54.6 Å². The quantitative estimate of drug-likeness (QED) is 0.261. The molecule has 0 spiro atoms. The molecule has 1 saturated heterocycles. The number of aromatic amines is 1. The molecule has 3 amide bonds. The lowest BCUT2D eigenvalue weighted by Gasteiger charge is -2.25. The SMILES string of the molecule is COc1cccc2[nH]c(C(=O)NC(=O)[C@H](Cc3ccccc3)N[C@@H](CC3CCNC3=O)C(=O)CO)cc12. The van der Waals surface area contributed by atoms with Crippen molar-refractivity contribution in [2.24, 2.45) is 5.92 Å². The maximum absolute atomic E-state index is 13.3. The number of carbonyl (C=O) groups is 4. The molecule has 0 aliphatic carbocycles. The molecule has 5 N–H and O–H groups in total. The molecule has 0 radical (unpaired) electrons. The molecule has 1 aliphatic heterocycles. The first kappa shape index (κ1) is 26.1. The van der Waals surface area contributed by atoms with Crippen molar-refractivity contribution < 1.29 is 29.0 Å². The fourth-order valence-electron chi connectivity index (χ4n) is 4.57. The van der Waals surface area contributed by atoms with E-state index in [2.05, 4.69) is 20.9 Å². The van der Waals surface area contributed by atoms with Crippen LogP contribution >= 0.6 is 0 Å². The Kier molecular flexibility index (Phi) is 8.32. The van der Waals surface area contributed by atoms with Crippen molar-refractivity contribution in [2.45, 2.75) is 31.3 Å². The van der Waals surface area contributed by atoms with E-state index in [0.29, 0.717) is 29.6 Å². The van der Waals surface area contributed by atoms with Crippen LogP contribution in [-0.4, -0.2) is 65.9 Å². The summed E-state index contributed by atoms with van der Waals surface area (Å²) in [5, 5.41) is 18.4. The number of aromatic nitrogens is 1. The number of ether oxygens (including phenoxy) is 1. The van der Waals surface area contributed by atoms with Crippen LogP contribution in [-0.2, 0) is 20.8 Å².